The highest BCUT2D eigenvalue weighted by Gasteiger charge is 1.89. The maximum atomic E-state index is 4.08. The predicted molar refractivity (Wildman–Crippen MR) is 51.9 cm³/mol. The second-order valence-corrected chi connectivity index (χ2v) is 3.31. The molecule has 1 aromatic rings. The zero-order valence-electron chi connectivity index (χ0n) is 6.03. The Bertz CT molecular complexity index is 191. The summed E-state index contributed by atoms with van der Waals surface area (Å²) in [6, 6.07) is 3.94. The largest absolute Gasteiger partial charge is 0.265 e. The average Bonchev–Trinajstić information content (AvgIpc) is 2.07. The molecule has 1 N–H and O–H groups in total. The van der Waals surface area contributed by atoms with Crippen molar-refractivity contribution in [2.24, 2.45) is 0 Å². The number of aromatic nitrogens is 1. The second-order valence-electron chi connectivity index (χ2n) is 1.90. The van der Waals surface area contributed by atoms with Crippen LogP contribution in [0.4, 0.5) is 0 Å². The second kappa shape index (κ2) is 5.46. The van der Waals surface area contributed by atoms with E-state index in [1.54, 1.807) is 24.3 Å². The minimum absolute atomic E-state index is 0.859. The molecule has 0 aromatic carbocycles. The fraction of sp³-hybridized carbons (Fsp3) is 0.286. The third-order valence-electron chi connectivity index (χ3n) is 1.05. The van der Waals surface area contributed by atoms with Gasteiger partial charge in [0, 0.05) is 29.6 Å². The van der Waals surface area contributed by atoms with E-state index in [1.165, 1.54) is 4.90 Å². The Kier molecular flexibility index (Phi) is 4.42. The van der Waals surface area contributed by atoms with Gasteiger partial charge in [0.05, 0.1) is 0 Å². The number of nitrogens with one attached hydrogen (secondary N) is 1. The smallest absolute Gasteiger partial charge is 0.0279 e. The quantitative estimate of drug-likeness (QED) is 0.424. The van der Waals surface area contributed by atoms with E-state index < -0.39 is 0 Å². The Hall–Kier alpha value is -0.190. The number of rotatable bonds is 4. The summed E-state index contributed by atoms with van der Waals surface area (Å²) in [5.74, 6) is 0.859. The van der Waals surface area contributed by atoms with Crippen LogP contribution >= 0.6 is 24.6 Å². The fourth-order valence-corrected chi connectivity index (χ4v) is 1.48. The fourth-order valence-electron chi connectivity index (χ4n) is 0.586. The van der Waals surface area contributed by atoms with E-state index in [2.05, 4.69) is 22.3 Å². The van der Waals surface area contributed by atoms with E-state index in [0.29, 0.717) is 0 Å². The average molecular weight is 186 g/mol. The van der Waals surface area contributed by atoms with Crippen molar-refractivity contribution < 1.29 is 0 Å². The minimum Gasteiger partial charge on any atom is -0.265 e. The molecule has 0 bridgehead atoms. The van der Waals surface area contributed by atoms with Gasteiger partial charge in [-0.05, 0) is 24.1 Å². The molecule has 0 radical (unpaired) electrons. The zero-order chi connectivity index (χ0) is 7.94. The summed E-state index contributed by atoms with van der Waals surface area (Å²) in [4.78, 5) is 5.10. The van der Waals surface area contributed by atoms with E-state index in [4.69, 9.17) is 0 Å². The molecular weight excluding hydrogens is 176 g/mol. The number of hydrogen-bond acceptors (Lipinski definition) is 4. The van der Waals surface area contributed by atoms with Crippen LogP contribution in [0.2, 0.25) is 0 Å². The van der Waals surface area contributed by atoms with Crippen molar-refractivity contribution in [3.8, 4) is 0 Å². The standard InChI is InChI=1S/C7H10N2S2/c10-6-5-9-11-7-1-3-8-4-2-7/h1-4,9-10H,5-6H2. The van der Waals surface area contributed by atoms with Crippen LogP contribution in [0.3, 0.4) is 0 Å². The van der Waals surface area contributed by atoms with Crippen LogP contribution in [0, 0.1) is 0 Å². The molecule has 0 saturated carbocycles. The van der Waals surface area contributed by atoms with E-state index in [0.717, 1.165) is 12.3 Å². The van der Waals surface area contributed by atoms with E-state index in [-0.39, 0.29) is 0 Å². The molecule has 0 amide bonds. The number of nitrogens with zero attached hydrogens (tertiary/aromatic N) is 1. The topological polar surface area (TPSA) is 24.9 Å². The highest BCUT2D eigenvalue weighted by atomic mass is 32.2. The summed E-state index contributed by atoms with van der Waals surface area (Å²) < 4.78 is 3.16. The molecule has 1 heterocycles. The first-order chi connectivity index (χ1) is 5.43. The Morgan fingerprint density at radius 3 is 2.82 bits per heavy atom. The highest BCUT2D eigenvalue weighted by molar-refractivity contribution is 7.97. The molecule has 0 aliphatic heterocycles. The van der Waals surface area contributed by atoms with Crippen molar-refractivity contribution in [2.75, 3.05) is 12.3 Å². The monoisotopic (exact) mass is 186 g/mol. The number of pyridine rings is 1. The van der Waals surface area contributed by atoms with Gasteiger partial charge in [-0.3, -0.25) is 9.71 Å². The number of thiol groups is 1. The predicted octanol–water partition coefficient (Wildman–Crippen LogP) is 1.61. The molecule has 0 unspecified atom stereocenters. The number of hydrogen-bond donors (Lipinski definition) is 2. The van der Waals surface area contributed by atoms with Crippen molar-refractivity contribution in [1.29, 1.82) is 0 Å². The van der Waals surface area contributed by atoms with E-state index in [9.17, 15) is 0 Å². The molecule has 11 heavy (non-hydrogen) atoms. The summed E-state index contributed by atoms with van der Waals surface area (Å²) in [5, 5.41) is 0. The van der Waals surface area contributed by atoms with Crippen LogP contribution < -0.4 is 4.72 Å². The first-order valence-electron chi connectivity index (χ1n) is 3.34. The maximum Gasteiger partial charge on any atom is 0.0279 e. The van der Waals surface area contributed by atoms with Gasteiger partial charge in [-0.25, -0.2) is 0 Å². The molecule has 60 valence electrons. The third-order valence-corrected chi connectivity index (χ3v) is 2.13. The Morgan fingerprint density at radius 2 is 2.18 bits per heavy atom. The summed E-state index contributed by atoms with van der Waals surface area (Å²) in [5.41, 5.74) is 0. The summed E-state index contributed by atoms with van der Waals surface area (Å²) in [7, 11) is 0. The molecule has 0 aliphatic carbocycles. The van der Waals surface area contributed by atoms with Gasteiger partial charge < -0.3 is 0 Å². The molecule has 1 aromatic heterocycles. The van der Waals surface area contributed by atoms with Gasteiger partial charge in [0.2, 0.25) is 0 Å². The van der Waals surface area contributed by atoms with Gasteiger partial charge in [-0.1, -0.05) is 0 Å². The molecule has 0 fully saturated rings. The first-order valence-corrected chi connectivity index (χ1v) is 4.79. The third kappa shape index (κ3) is 3.65. The van der Waals surface area contributed by atoms with Crippen molar-refractivity contribution >= 4 is 24.6 Å². The van der Waals surface area contributed by atoms with Gasteiger partial charge >= 0.3 is 0 Å². The molecular formula is C7H10N2S2. The lowest BCUT2D eigenvalue weighted by molar-refractivity contribution is 1.05. The van der Waals surface area contributed by atoms with Crippen molar-refractivity contribution in [1.82, 2.24) is 9.71 Å². The van der Waals surface area contributed by atoms with Gasteiger partial charge in [0.25, 0.3) is 0 Å². The Balaban J connectivity index is 2.28. The van der Waals surface area contributed by atoms with Crippen LogP contribution in [0.15, 0.2) is 29.4 Å². The van der Waals surface area contributed by atoms with Crippen LogP contribution in [0.5, 0.6) is 0 Å². The lowest BCUT2D eigenvalue weighted by Gasteiger charge is -1.99. The molecule has 1 rings (SSSR count). The maximum absolute atomic E-state index is 4.08. The molecule has 2 nitrogen and oxygen atoms in total. The van der Waals surface area contributed by atoms with Crippen LogP contribution in [-0.2, 0) is 0 Å². The summed E-state index contributed by atoms with van der Waals surface area (Å²) in [6.07, 6.45) is 3.56. The van der Waals surface area contributed by atoms with E-state index >= 15 is 0 Å². The van der Waals surface area contributed by atoms with Gasteiger partial charge in [0.15, 0.2) is 0 Å². The first kappa shape index (κ1) is 8.90. The summed E-state index contributed by atoms with van der Waals surface area (Å²) >= 11 is 5.68. The van der Waals surface area contributed by atoms with Crippen molar-refractivity contribution in [3.05, 3.63) is 24.5 Å². The van der Waals surface area contributed by atoms with Gasteiger partial charge in [0.1, 0.15) is 0 Å². The highest BCUT2D eigenvalue weighted by Crippen LogP contribution is 2.10. The lowest BCUT2D eigenvalue weighted by Crippen LogP contribution is -2.05. The molecule has 0 atom stereocenters. The minimum atomic E-state index is 0.859. The Labute approximate surface area is 76.3 Å². The van der Waals surface area contributed by atoms with E-state index in [1.807, 2.05) is 12.1 Å². The normalized spacial score (nSPS) is 9.91. The Morgan fingerprint density at radius 1 is 1.45 bits per heavy atom. The van der Waals surface area contributed by atoms with Crippen LogP contribution in [-0.4, -0.2) is 17.3 Å². The van der Waals surface area contributed by atoms with Gasteiger partial charge in [-0.2, -0.15) is 12.6 Å². The summed E-state index contributed by atoms with van der Waals surface area (Å²) in [6.45, 7) is 0.913. The van der Waals surface area contributed by atoms with Crippen molar-refractivity contribution in [3.63, 3.8) is 0 Å². The van der Waals surface area contributed by atoms with Crippen LogP contribution in [0.25, 0.3) is 0 Å². The molecule has 0 saturated heterocycles. The SMILES string of the molecule is SCCNSc1ccncc1. The molecule has 4 heteroatoms. The van der Waals surface area contributed by atoms with Crippen LogP contribution in [0.1, 0.15) is 0 Å². The van der Waals surface area contributed by atoms with Gasteiger partial charge in [-0.15, -0.1) is 0 Å². The molecule has 0 spiro atoms. The lowest BCUT2D eigenvalue weighted by atomic mass is 10.5. The van der Waals surface area contributed by atoms with Crippen molar-refractivity contribution in [2.45, 2.75) is 4.90 Å². The zero-order valence-corrected chi connectivity index (χ0v) is 7.74. The molecule has 0 aliphatic rings.